The van der Waals surface area contributed by atoms with Crippen molar-refractivity contribution in [3.05, 3.63) is 64.6 Å². The van der Waals surface area contributed by atoms with Crippen LogP contribution >= 0.6 is 11.6 Å². The van der Waals surface area contributed by atoms with Crippen LogP contribution in [0.25, 0.3) is 5.82 Å². The molecular formula is C18H14ClN3O4. The number of carbonyl (C=O) groups is 1. The third-order valence-corrected chi connectivity index (χ3v) is 4.23. The zero-order valence-electron chi connectivity index (χ0n) is 13.8. The number of aromatic nitrogens is 3. The molecule has 1 aliphatic heterocycles. The van der Waals surface area contributed by atoms with Gasteiger partial charge in [-0.2, -0.15) is 5.10 Å². The van der Waals surface area contributed by atoms with Crippen molar-refractivity contribution in [2.24, 2.45) is 0 Å². The number of halogens is 1. The summed E-state index contributed by atoms with van der Waals surface area (Å²) in [4.78, 5) is 16.6. The van der Waals surface area contributed by atoms with Crippen LogP contribution in [0.3, 0.4) is 0 Å². The first kappa shape index (κ1) is 16.4. The summed E-state index contributed by atoms with van der Waals surface area (Å²) in [6.45, 7) is 1.98. The fraction of sp³-hybridized carbons (Fsp3) is 0.167. The molecule has 0 aliphatic carbocycles. The summed E-state index contributed by atoms with van der Waals surface area (Å²) in [6.07, 6.45) is 3.14. The molecule has 0 bridgehead atoms. The zero-order chi connectivity index (χ0) is 18.1. The quantitative estimate of drug-likeness (QED) is 0.655. The number of rotatable bonds is 4. The van der Waals surface area contributed by atoms with Gasteiger partial charge in [0.25, 0.3) is 0 Å². The minimum atomic E-state index is -0.474. The first-order valence-corrected chi connectivity index (χ1v) is 8.22. The van der Waals surface area contributed by atoms with Gasteiger partial charge in [-0.1, -0.05) is 17.7 Å². The molecular weight excluding hydrogens is 358 g/mol. The molecule has 0 saturated carbocycles. The number of hydrogen-bond acceptors (Lipinski definition) is 6. The Morgan fingerprint density at radius 1 is 1.35 bits per heavy atom. The van der Waals surface area contributed by atoms with Gasteiger partial charge in [-0.3, -0.25) is 0 Å². The molecule has 0 spiro atoms. The van der Waals surface area contributed by atoms with Gasteiger partial charge in [0.2, 0.25) is 6.79 Å². The molecule has 3 aromatic rings. The molecule has 0 atom stereocenters. The van der Waals surface area contributed by atoms with E-state index in [-0.39, 0.29) is 13.4 Å². The largest absolute Gasteiger partial charge is 0.457 e. The molecule has 0 fully saturated rings. The Morgan fingerprint density at radius 2 is 2.23 bits per heavy atom. The van der Waals surface area contributed by atoms with E-state index < -0.39 is 5.97 Å². The smallest absolute Gasteiger partial charge is 0.341 e. The Bertz CT molecular complexity index is 972. The Hall–Kier alpha value is -3.06. The Morgan fingerprint density at radius 3 is 3.04 bits per heavy atom. The predicted octanol–water partition coefficient (Wildman–Crippen LogP) is 3.31. The van der Waals surface area contributed by atoms with Gasteiger partial charge in [0.05, 0.1) is 16.9 Å². The van der Waals surface area contributed by atoms with Crippen LogP contribution < -0.4 is 9.47 Å². The maximum absolute atomic E-state index is 12.4. The molecule has 0 saturated heterocycles. The average molecular weight is 372 g/mol. The molecule has 132 valence electrons. The summed E-state index contributed by atoms with van der Waals surface area (Å²) >= 11 is 6.14. The van der Waals surface area contributed by atoms with Crippen molar-refractivity contribution in [1.29, 1.82) is 0 Å². The highest BCUT2D eigenvalue weighted by molar-refractivity contribution is 6.32. The number of nitrogens with zero attached hydrogens (tertiary/aromatic N) is 3. The van der Waals surface area contributed by atoms with Crippen molar-refractivity contribution < 1.29 is 19.0 Å². The van der Waals surface area contributed by atoms with Crippen LogP contribution in [0, 0.1) is 6.92 Å². The number of carbonyl (C=O) groups excluding carboxylic acids is 1. The SMILES string of the molecule is Cc1c(C(=O)OCc2cc(Cl)c3c(c2)OCO3)cnn1-c1ccccn1. The lowest BCUT2D eigenvalue weighted by Gasteiger charge is -2.07. The maximum atomic E-state index is 12.4. The average Bonchev–Trinajstić information content (AvgIpc) is 3.27. The Kier molecular flexibility index (Phi) is 4.22. The normalized spacial score (nSPS) is 12.2. The monoisotopic (exact) mass is 371 g/mol. The van der Waals surface area contributed by atoms with E-state index in [1.54, 1.807) is 29.9 Å². The summed E-state index contributed by atoms with van der Waals surface area (Å²) in [7, 11) is 0. The molecule has 0 unspecified atom stereocenters. The van der Waals surface area contributed by atoms with Gasteiger partial charge in [0.15, 0.2) is 17.3 Å². The summed E-state index contributed by atoms with van der Waals surface area (Å²) in [5, 5.41) is 4.64. The van der Waals surface area contributed by atoms with Crippen LogP contribution in [0.2, 0.25) is 5.02 Å². The Labute approximate surface area is 154 Å². The van der Waals surface area contributed by atoms with E-state index in [1.807, 2.05) is 18.2 Å². The van der Waals surface area contributed by atoms with Crippen LogP contribution in [0.15, 0.2) is 42.7 Å². The lowest BCUT2D eigenvalue weighted by molar-refractivity contribution is 0.0471. The van der Waals surface area contributed by atoms with E-state index in [4.69, 9.17) is 25.8 Å². The molecule has 0 radical (unpaired) electrons. The van der Waals surface area contributed by atoms with Crippen molar-refractivity contribution in [2.45, 2.75) is 13.5 Å². The molecule has 4 rings (SSSR count). The van der Waals surface area contributed by atoms with Crippen LogP contribution in [0.1, 0.15) is 21.6 Å². The molecule has 7 nitrogen and oxygen atoms in total. The third kappa shape index (κ3) is 2.97. The predicted molar refractivity (Wildman–Crippen MR) is 92.8 cm³/mol. The lowest BCUT2D eigenvalue weighted by atomic mass is 10.2. The van der Waals surface area contributed by atoms with Crippen LogP contribution in [0.5, 0.6) is 11.5 Å². The van der Waals surface area contributed by atoms with Crippen LogP contribution in [0.4, 0.5) is 0 Å². The molecule has 1 aromatic carbocycles. The van der Waals surface area contributed by atoms with E-state index in [0.717, 1.165) is 0 Å². The number of esters is 1. The number of hydrogen-bond donors (Lipinski definition) is 0. The fourth-order valence-electron chi connectivity index (χ4n) is 2.65. The fourth-order valence-corrected chi connectivity index (χ4v) is 2.94. The first-order chi connectivity index (χ1) is 12.6. The van der Waals surface area contributed by atoms with Crippen molar-refractivity contribution in [2.75, 3.05) is 6.79 Å². The molecule has 3 heterocycles. The van der Waals surface area contributed by atoms with E-state index >= 15 is 0 Å². The van der Waals surface area contributed by atoms with E-state index in [0.29, 0.717) is 39.2 Å². The van der Waals surface area contributed by atoms with E-state index in [2.05, 4.69) is 10.1 Å². The molecule has 26 heavy (non-hydrogen) atoms. The van der Waals surface area contributed by atoms with E-state index in [1.165, 1.54) is 6.20 Å². The van der Waals surface area contributed by atoms with E-state index in [9.17, 15) is 4.79 Å². The number of ether oxygens (including phenoxy) is 3. The summed E-state index contributed by atoms with van der Waals surface area (Å²) in [6, 6.07) is 8.90. The second-order valence-electron chi connectivity index (χ2n) is 5.63. The first-order valence-electron chi connectivity index (χ1n) is 7.84. The van der Waals surface area contributed by atoms with Gasteiger partial charge >= 0.3 is 5.97 Å². The molecule has 8 heteroatoms. The third-order valence-electron chi connectivity index (χ3n) is 3.95. The molecule has 2 aromatic heterocycles. The second-order valence-corrected chi connectivity index (χ2v) is 6.04. The number of pyridine rings is 1. The van der Waals surface area contributed by atoms with Crippen molar-refractivity contribution >= 4 is 17.6 Å². The Balaban J connectivity index is 1.50. The minimum absolute atomic E-state index is 0.0589. The van der Waals surface area contributed by atoms with Gasteiger partial charge < -0.3 is 14.2 Å². The number of fused-ring (bicyclic) bond motifs is 1. The standard InChI is InChI=1S/C18H14ClN3O4/c1-11-13(8-21-22(11)16-4-2-3-5-20-16)18(23)24-9-12-6-14(19)17-15(7-12)25-10-26-17/h2-8H,9-10H2,1H3. The van der Waals surface area contributed by atoms with Gasteiger partial charge in [-0.05, 0) is 36.8 Å². The summed E-state index contributed by atoms with van der Waals surface area (Å²) in [5.41, 5.74) is 1.74. The summed E-state index contributed by atoms with van der Waals surface area (Å²) < 4.78 is 17.6. The maximum Gasteiger partial charge on any atom is 0.341 e. The highest BCUT2D eigenvalue weighted by Gasteiger charge is 2.20. The van der Waals surface area contributed by atoms with Gasteiger partial charge in [-0.15, -0.1) is 0 Å². The second kappa shape index (κ2) is 6.68. The summed E-state index contributed by atoms with van der Waals surface area (Å²) in [5.74, 6) is 1.21. The molecule has 0 N–H and O–H groups in total. The zero-order valence-corrected chi connectivity index (χ0v) is 14.6. The number of benzene rings is 1. The minimum Gasteiger partial charge on any atom is -0.457 e. The van der Waals surface area contributed by atoms with Crippen molar-refractivity contribution in [3.63, 3.8) is 0 Å². The van der Waals surface area contributed by atoms with Crippen molar-refractivity contribution in [1.82, 2.24) is 14.8 Å². The lowest BCUT2D eigenvalue weighted by Crippen LogP contribution is -2.08. The molecule has 1 aliphatic rings. The van der Waals surface area contributed by atoms with Crippen molar-refractivity contribution in [3.8, 4) is 17.3 Å². The van der Waals surface area contributed by atoms with Gasteiger partial charge in [0.1, 0.15) is 12.2 Å². The topological polar surface area (TPSA) is 75.5 Å². The van der Waals surface area contributed by atoms with Gasteiger partial charge in [-0.25, -0.2) is 14.5 Å². The van der Waals surface area contributed by atoms with Crippen LogP contribution in [-0.2, 0) is 11.3 Å². The molecule has 0 amide bonds. The highest BCUT2D eigenvalue weighted by Crippen LogP contribution is 2.39. The van der Waals surface area contributed by atoms with Crippen LogP contribution in [-0.4, -0.2) is 27.5 Å². The van der Waals surface area contributed by atoms with Gasteiger partial charge in [0, 0.05) is 6.20 Å². The highest BCUT2D eigenvalue weighted by atomic mass is 35.5.